The van der Waals surface area contributed by atoms with Gasteiger partial charge in [-0.15, -0.1) is 11.3 Å². The number of rotatable bonds is 4. The molecular weight excluding hydrogens is 507 g/mol. The molecule has 186 valence electrons. The van der Waals surface area contributed by atoms with Crippen molar-refractivity contribution in [2.75, 3.05) is 31.1 Å². The monoisotopic (exact) mass is 530 g/mol. The molecule has 6 rings (SSSR count). The molecular formula is C28H23FN4O2S2. The summed E-state index contributed by atoms with van der Waals surface area (Å²) in [6.45, 7) is 2.25. The highest BCUT2D eigenvalue weighted by molar-refractivity contribution is 7.73. The van der Waals surface area contributed by atoms with E-state index in [-0.39, 0.29) is 23.8 Å². The zero-order valence-electron chi connectivity index (χ0n) is 19.8. The number of para-hydroxylation sites is 1. The fourth-order valence-corrected chi connectivity index (χ4v) is 6.37. The molecule has 0 spiro atoms. The van der Waals surface area contributed by atoms with E-state index in [1.165, 1.54) is 23.5 Å². The number of hydrogen-bond donors (Lipinski definition) is 0. The van der Waals surface area contributed by atoms with Crippen LogP contribution in [0.15, 0.2) is 83.7 Å². The quantitative estimate of drug-likeness (QED) is 0.300. The van der Waals surface area contributed by atoms with Crippen LogP contribution in [0.2, 0.25) is 0 Å². The largest absolute Gasteiger partial charge is 0.368 e. The molecule has 5 aromatic rings. The Morgan fingerprint density at radius 2 is 1.57 bits per heavy atom. The van der Waals surface area contributed by atoms with E-state index in [1.807, 2.05) is 52.9 Å². The number of halogens is 1. The molecule has 3 aromatic carbocycles. The number of carbonyl (C=O) groups is 1. The molecule has 2 aromatic heterocycles. The summed E-state index contributed by atoms with van der Waals surface area (Å²) in [4.78, 5) is 32.0. The predicted octanol–water partition coefficient (Wildman–Crippen LogP) is 5.20. The van der Waals surface area contributed by atoms with Crippen molar-refractivity contribution < 1.29 is 9.18 Å². The Morgan fingerprint density at radius 1 is 0.892 bits per heavy atom. The number of aromatic nitrogens is 2. The molecule has 0 unspecified atom stereocenters. The summed E-state index contributed by atoms with van der Waals surface area (Å²) in [6, 6.07) is 23.6. The molecule has 0 N–H and O–H groups in total. The van der Waals surface area contributed by atoms with E-state index < -0.39 is 0 Å². The molecule has 1 amide bonds. The van der Waals surface area contributed by atoms with E-state index in [0.29, 0.717) is 41.2 Å². The van der Waals surface area contributed by atoms with Crippen molar-refractivity contribution in [1.29, 1.82) is 0 Å². The summed E-state index contributed by atoms with van der Waals surface area (Å²) >= 11 is 7.19. The van der Waals surface area contributed by atoms with Crippen molar-refractivity contribution in [3.05, 3.63) is 99.0 Å². The number of carbonyl (C=O) groups excluding carboxylic acids is 1. The summed E-state index contributed by atoms with van der Waals surface area (Å²) in [5.74, 6) is -0.387. The minimum atomic E-state index is -0.270. The second-order valence-corrected chi connectivity index (χ2v) is 10.6. The van der Waals surface area contributed by atoms with Gasteiger partial charge in [0, 0.05) is 31.9 Å². The second-order valence-electron chi connectivity index (χ2n) is 8.97. The van der Waals surface area contributed by atoms with Gasteiger partial charge in [0.25, 0.3) is 5.56 Å². The number of hydrogen-bond acceptors (Lipinski definition) is 5. The Morgan fingerprint density at radius 3 is 2.30 bits per heavy atom. The number of anilines is 1. The van der Waals surface area contributed by atoms with Gasteiger partial charge in [0.15, 0.2) is 3.95 Å². The van der Waals surface area contributed by atoms with E-state index in [1.54, 1.807) is 27.7 Å². The van der Waals surface area contributed by atoms with E-state index in [9.17, 15) is 14.0 Å². The van der Waals surface area contributed by atoms with Gasteiger partial charge in [0.1, 0.15) is 18.0 Å². The third kappa shape index (κ3) is 4.24. The molecule has 1 saturated heterocycles. The fraction of sp³-hybridized carbons (Fsp3) is 0.179. The lowest BCUT2D eigenvalue weighted by molar-refractivity contribution is -0.132. The number of fused-ring (bicyclic) bond motifs is 3. The van der Waals surface area contributed by atoms with Crippen LogP contribution in [0.1, 0.15) is 0 Å². The number of amides is 1. The number of thiazole rings is 1. The van der Waals surface area contributed by atoms with Gasteiger partial charge >= 0.3 is 0 Å². The lowest BCUT2D eigenvalue weighted by atomic mass is 10.2. The lowest BCUT2D eigenvalue weighted by Gasteiger charge is -2.36. The molecule has 0 saturated carbocycles. The molecule has 3 heterocycles. The van der Waals surface area contributed by atoms with Gasteiger partial charge < -0.3 is 9.80 Å². The van der Waals surface area contributed by atoms with Crippen LogP contribution >= 0.6 is 23.6 Å². The maximum absolute atomic E-state index is 13.7. The standard InChI is InChI=1S/C28H23FN4O2S2/c29-20-10-12-21(13-11-20)30-14-16-31(17-15-30)24(34)18-32-26-25(19-6-2-1-3-7-19)37-28(36)33(26)23-9-5-4-8-22(23)27(32)35/h1-13H,14-18H2. The zero-order valence-corrected chi connectivity index (χ0v) is 21.5. The van der Waals surface area contributed by atoms with Crippen LogP contribution in [0.5, 0.6) is 0 Å². The molecule has 6 nitrogen and oxygen atoms in total. The van der Waals surface area contributed by atoms with Crippen molar-refractivity contribution in [3.63, 3.8) is 0 Å². The molecule has 1 aliphatic rings. The van der Waals surface area contributed by atoms with Gasteiger partial charge in [-0.2, -0.15) is 0 Å². The Balaban J connectivity index is 1.37. The zero-order chi connectivity index (χ0) is 25.5. The number of piperazine rings is 1. The van der Waals surface area contributed by atoms with E-state index >= 15 is 0 Å². The fourth-order valence-electron chi connectivity index (χ4n) is 4.94. The normalized spacial score (nSPS) is 14.0. The summed E-state index contributed by atoms with van der Waals surface area (Å²) < 4.78 is 17.4. The maximum atomic E-state index is 13.7. The van der Waals surface area contributed by atoms with Gasteiger partial charge in [0.05, 0.1) is 15.8 Å². The van der Waals surface area contributed by atoms with Crippen LogP contribution in [0.3, 0.4) is 0 Å². The SMILES string of the molecule is O=C(Cn1c(=O)c2ccccc2n2c(=S)sc(-c3ccccc3)c12)N1CCN(c2ccc(F)cc2)CC1. The summed E-state index contributed by atoms with van der Waals surface area (Å²) in [5.41, 5.74) is 3.05. The number of nitrogens with zero attached hydrogens (tertiary/aromatic N) is 4. The minimum Gasteiger partial charge on any atom is -0.368 e. The van der Waals surface area contributed by atoms with Crippen molar-refractivity contribution in [1.82, 2.24) is 13.9 Å². The molecule has 1 aliphatic heterocycles. The first-order chi connectivity index (χ1) is 18.0. The summed E-state index contributed by atoms with van der Waals surface area (Å²) in [7, 11) is 0. The Hall–Kier alpha value is -3.82. The average molecular weight is 531 g/mol. The highest BCUT2D eigenvalue weighted by Crippen LogP contribution is 2.33. The van der Waals surface area contributed by atoms with Crippen molar-refractivity contribution in [2.45, 2.75) is 6.54 Å². The van der Waals surface area contributed by atoms with Crippen molar-refractivity contribution in [2.24, 2.45) is 0 Å². The first-order valence-electron chi connectivity index (χ1n) is 12.0. The highest BCUT2D eigenvalue weighted by atomic mass is 32.1. The molecule has 0 bridgehead atoms. The van der Waals surface area contributed by atoms with Gasteiger partial charge in [0.2, 0.25) is 5.91 Å². The van der Waals surface area contributed by atoms with Gasteiger partial charge in [-0.25, -0.2) is 4.39 Å². The van der Waals surface area contributed by atoms with Crippen molar-refractivity contribution in [3.8, 4) is 10.4 Å². The van der Waals surface area contributed by atoms with Gasteiger partial charge in [-0.05, 0) is 54.2 Å². The first kappa shape index (κ1) is 23.6. The molecule has 9 heteroatoms. The molecule has 0 atom stereocenters. The Labute approximate surface area is 221 Å². The Kier molecular flexibility index (Phi) is 6.10. The molecule has 0 aliphatic carbocycles. The van der Waals surface area contributed by atoms with Crippen LogP contribution < -0.4 is 10.5 Å². The van der Waals surface area contributed by atoms with Gasteiger partial charge in [-0.3, -0.25) is 18.6 Å². The molecule has 37 heavy (non-hydrogen) atoms. The highest BCUT2D eigenvalue weighted by Gasteiger charge is 2.25. The van der Waals surface area contributed by atoms with Crippen LogP contribution in [0.4, 0.5) is 10.1 Å². The van der Waals surface area contributed by atoms with E-state index in [4.69, 9.17) is 12.2 Å². The first-order valence-corrected chi connectivity index (χ1v) is 13.2. The summed E-state index contributed by atoms with van der Waals surface area (Å²) in [5, 5.41) is 0.525. The van der Waals surface area contributed by atoms with E-state index in [0.717, 1.165) is 21.6 Å². The summed E-state index contributed by atoms with van der Waals surface area (Å²) in [6.07, 6.45) is 0. The molecule has 1 fully saturated rings. The predicted molar refractivity (Wildman–Crippen MR) is 149 cm³/mol. The number of benzene rings is 3. The van der Waals surface area contributed by atoms with Crippen LogP contribution in [0.25, 0.3) is 27.0 Å². The van der Waals surface area contributed by atoms with Crippen LogP contribution in [0, 0.1) is 9.77 Å². The van der Waals surface area contributed by atoms with Crippen LogP contribution in [-0.4, -0.2) is 46.0 Å². The Bertz CT molecular complexity index is 1730. The lowest BCUT2D eigenvalue weighted by Crippen LogP contribution is -2.50. The minimum absolute atomic E-state index is 0.0743. The third-order valence-electron chi connectivity index (χ3n) is 6.82. The molecule has 0 radical (unpaired) electrons. The van der Waals surface area contributed by atoms with Crippen molar-refractivity contribution >= 4 is 51.7 Å². The van der Waals surface area contributed by atoms with Gasteiger partial charge in [-0.1, -0.05) is 42.5 Å². The average Bonchev–Trinajstić information content (AvgIpc) is 3.29. The smallest absolute Gasteiger partial charge is 0.262 e. The maximum Gasteiger partial charge on any atom is 0.262 e. The topological polar surface area (TPSA) is 50.0 Å². The third-order valence-corrected chi connectivity index (χ3v) is 8.23. The second kappa shape index (κ2) is 9.57. The van der Waals surface area contributed by atoms with Crippen LogP contribution in [-0.2, 0) is 11.3 Å². The van der Waals surface area contributed by atoms with E-state index in [2.05, 4.69) is 4.90 Å².